The van der Waals surface area contributed by atoms with Gasteiger partial charge in [0.15, 0.2) is 0 Å². The van der Waals surface area contributed by atoms with Gasteiger partial charge in [-0.15, -0.1) is 0 Å². The molecule has 0 aliphatic carbocycles. The molecule has 6 nitrogen and oxygen atoms in total. The number of nitriles is 1. The van der Waals surface area contributed by atoms with Crippen molar-refractivity contribution in [3.05, 3.63) is 30.3 Å². The van der Waals surface area contributed by atoms with Crippen LogP contribution in [0.3, 0.4) is 0 Å². The molecule has 2 rings (SSSR count). The number of likely N-dealkylation sites (tertiary alicyclic amines) is 1. The molecule has 6 heteroatoms. The van der Waals surface area contributed by atoms with Crippen LogP contribution in [0.2, 0.25) is 0 Å². The molecular formula is C14H17N3O3. The predicted molar refractivity (Wildman–Crippen MR) is 72.9 cm³/mol. The molecule has 0 aromatic heterocycles. The second-order valence-electron chi connectivity index (χ2n) is 4.80. The van der Waals surface area contributed by atoms with Crippen molar-refractivity contribution in [2.24, 2.45) is 0 Å². The van der Waals surface area contributed by atoms with E-state index in [1.54, 1.807) is 29.2 Å². The van der Waals surface area contributed by atoms with E-state index in [9.17, 15) is 15.0 Å². The number of amides is 1. The molecule has 106 valence electrons. The Balaban J connectivity index is 2.03. The zero-order valence-corrected chi connectivity index (χ0v) is 11.0. The molecule has 0 spiro atoms. The van der Waals surface area contributed by atoms with Crippen molar-refractivity contribution in [2.45, 2.75) is 12.2 Å². The Labute approximate surface area is 117 Å². The van der Waals surface area contributed by atoms with E-state index in [1.807, 2.05) is 12.1 Å². The predicted octanol–water partition coefficient (Wildman–Crippen LogP) is -0.419. The van der Waals surface area contributed by atoms with E-state index in [0.29, 0.717) is 5.69 Å². The Bertz CT molecular complexity index is 490. The smallest absolute Gasteiger partial charge is 0.242 e. The number of aliphatic hydroxyl groups is 2. The van der Waals surface area contributed by atoms with Crippen LogP contribution in [0.4, 0.5) is 5.69 Å². The minimum Gasteiger partial charge on any atom is -0.389 e. The van der Waals surface area contributed by atoms with E-state index in [1.165, 1.54) is 4.90 Å². The van der Waals surface area contributed by atoms with Gasteiger partial charge in [-0.1, -0.05) is 18.2 Å². The molecule has 20 heavy (non-hydrogen) atoms. The van der Waals surface area contributed by atoms with Crippen molar-refractivity contribution in [1.29, 1.82) is 5.26 Å². The number of hydrogen-bond donors (Lipinski definition) is 2. The van der Waals surface area contributed by atoms with Crippen LogP contribution in [-0.2, 0) is 4.79 Å². The standard InChI is InChI=1S/C14H17N3O3/c15-6-7-17(11-4-2-1-3-5-11)14(20)10-16-8-12(18)13(19)9-16/h1-5,12-13,18-19H,7-10H2. The van der Waals surface area contributed by atoms with Gasteiger partial charge in [-0.3, -0.25) is 14.6 Å². The number of anilines is 1. The lowest BCUT2D eigenvalue weighted by atomic mass is 10.2. The summed E-state index contributed by atoms with van der Waals surface area (Å²) < 4.78 is 0. The van der Waals surface area contributed by atoms with E-state index in [2.05, 4.69) is 0 Å². The highest BCUT2D eigenvalue weighted by molar-refractivity contribution is 5.95. The Morgan fingerprint density at radius 1 is 1.30 bits per heavy atom. The number of rotatable bonds is 4. The maximum absolute atomic E-state index is 12.3. The number of carbonyl (C=O) groups excluding carboxylic acids is 1. The summed E-state index contributed by atoms with van der Waals surface area (Å²) in [5.41, 5.74) is 0.666. The number of para-hydroxylation sites is 1. The van der Waals surface area contributed by atoms with Crippen LogP contribution in [-0.4, -0.2) is 59.4 Å². The third kappa shape index (κ3) is 3.33. The molecule has 0 radical (unpaired) electrons. The first-order valence-electron chi connectivity index (χ1n) is 6.42. The van der Waals surface area contributed by atoms with Crippen molar-refractivity contribution < 1.29 is 15.0 Å². The lowest BCUT2D eigenvalue weighted by Gasteiger charge is -2.23. The van der Waals surface area contributed by atoms with Crippen LogP contribution >= 0.6 is 0 Å². The number of hydrogen-bond acceptors (Lipinski definition) is 5. The molecular weight excluding hydrogens is 258 g/mol. The number of nitrogens with zero attached hydrogens (tertiary/aromatic N) is 3. The van der Waals surface area contributed by atoms with Gasteiger partial charge in [0.1, 0.15) is 6.54 Å². The van der Waals surface area contributed by atoms with Gasteiger partial charge in [0, 0.05) is 18.8 Å². The zero-order chi connectivity index (χ0) is 14.5. The highest BCUT2D eigenvalue weighted by atomic mass is 16.3. The molecule has 1 amide bonds. The van der Waals surface area contributed by atoms with Crippen LogP contribution in [0.1, 0.15) is 0 Å². The van der Waals surface area contributed by atoms with Gasteiger partial charge >= 0.3 is 0 Å². The normalized spacial score (nSPS) is 22.4. The second kappa shape index (κ2) is 6.48. The van der Waals surface area contributed by atoms with Crippen LogP contribution < -0.4 is 4.90 Å². The summed E-state index contributed by atoms with van der Waals surface area (Å²) in [4.78, 5) is 15.4. The lowest BCUT2D eigenvalue weighted by molar-refractivity contribution is -0.119. The van der Waals surface area contributed by atoms with E-state index in [-0.39, 0.29) is 32.1 Å². The molecule has 1 heterocycles. The fraction of sp³-hybridized carbons (Fsp3) is 0.429. The first-order chi connectivity index (χ1) is 9.61. The summed E-state index contributed by atoms with van der Waals surface area (Å²) in [7, 11) is 0. The van der Waals surface area contributed by atoms with Gasteiger partial charge in [-0.25, -0.2) is 0 Å². The summed E-state index contributed by atoms with van der Waals surface area (Å²) in [6.45, 7) is 0.580. The number of benzene rings is 1. The van der Waals surface area contributed by atoms with Gasteiger partial charge in [0.05, 0.1) is 24.8 Å². The Morgan fingerprint density at radius 3 is 2.45 bits per heavy atom. The highest BCUT2D eigenvalue weighted by Crippen LogP contribution is 2.15. The highest BCUT2D eigenvalue weighted by Gasteiger charge is 2.31. The largest absolute Gasteiger partial charge is 0.389 e. The fourth-order valence-corrected chi connectivity index (χ4v) is 2.25. The molecule has 1 aliphatic rings. The van der Waals surface area contributed by atoms with Crippen LogP contribution in [0.25, 0.3) is 0 Å². The number of aliphatic hydroxyl groups excluding tert-OH is 2. The van der Waals surface area contributed by atoms with Crippen molar-refractivity contribution in [2.75, 3.05) is 31.1 Å². The summed E-state index contributed by atoms with van der Waals surface area (Å²) in [6.07, 6.45) is -1.63. The first kappa shape index (κ1) is 14.5. The molecule has 1 aromatic rings. The van der Waals surface area contributed by atoms with Gasteiger partial charge < -0.3 is 10.2 Å². The second-order valence-corrected chi connectivity index (χ2v) is 4.80. The number of β-amino-alcohol motifs (C(OH)–C–C–N with tert-alkyl or cyclic N) is 2. The SMILES string of the molecule is N#CCN(C(=O)CN1CC(O)C(O)C1)c1ccccc1. The molecule has 2 atom stereocenters. The van der Waals surface area contributed by atoms with E-state index < -0.39 is 12.2 Å². The summed E-state index contributed by atoms with van der Waals surface area (Å²) >= 11 is 0. The molecule has 1 aromatic carbocycles. The van der Waals surface area contributed by atoms with Crippen molar-refractivity contribution in [3.63, 3.8) is 0 Å². The fourth-order valence-electron chi connectivity index (χ4n) is 2.25. The first-order valence-corrected chi connectivity index (χ1v) is 6.42. The van der Waals surface area contributed by atoms with Gasteiger partial charge in [-0.2, -0.15) is 5.26 Å². The van der Waals surface area contributed by atoms with Crippen molar-refractivity contribution in [1.82, 2.24) is 4.90 Å². The minimum atomic E-state index is -0.816. The molecule has 1 aliphatic heterocycles. The van der Waals surface area contributed by atoms with Gasteiger partial charge in [0.2, 0.25) is 5.91 Å². The topological polar surface area (TPSA) is 87.8 Å². The molecule has 0 saturated carbocycles. The lowest BCUT2D eigenvalue weighted by Crippen LogP contribution is -2.40. The van der Waals surface area contributed by atoms with Crippen LogP contribution in [0.5, 0.6) is 0 Å². The van der Waals surface area contributed by atoms with E-state index in [4.69, 9.17) is 5.26 Å². The maximum Gasteiger partial charge on any atom is 0.242 e. The third-order valence-electron chi connectivity index (χ3n) is 3.29. The van der Waals surface area contributed by atoms with E-state index in [0.717, 1.165) is 0 Å². The molecule has 0 bridgehead atoms. The maximum atomic E-state index is 12.3. The van der Waals surface area contributed by atoms with Crippen LogP contribution in [0, 0.1) is 11.3 Å². The monoisotopic (exact) mass is 275 g/mol. The zero-order valence-electron chi connectivity index (χ0n) is 11.0. The summed E-state index contributed by atoms with van der Waals surface area (Å²) in [5.74, 6) is -0.223. The molecule has 1 saturated heterocycles. The quantitative estimate of drug-likeness (QED) is 0.729. The van der Waals surface area contributed by atoms with Crippen LogP contribution in [0.15, 0.2) is 30.3 Å². The minimum absolute atomic E-state index is 0.0260. The Morgan fingerprint density at radius 2 is 1.90 bits per heavy atom. The third-order valence-corrected chi connectivity index (χ3v) is 3.29. The Hall–Kier alpha value is -1.94. The number of carbonyl (C=O) groups is 1. The van der Waals surface area contributed by atoms with Crippen molar-refractivity contribution in [3.8, 4) is 6.07 Å². The van der Waals surface area contributed by atoms with E-state index >= 15 is 0 Å². The molecule has 2 unspecified atom stereocenters. The van der Waals surface area contributed by atoms with Gasteiger partial charge in [0.25, 0.3) is 0 Å². The van der Waals surface area contributed by atoms with Crippen molar-refractivity contribution >= 4 is 11.6 Å². The summed E-state index contributed by atoms with van der Waals surface area (Å²) in [6, 6.07) is 11.0. The molecule has 2 N–H and O–H groups in total. The van der Waals surface area contributed by atoms with Gasteiger partial charge in [-0.05, 0) is 12.1 Å². The molecule has 1 fully saturated rings. The average Bonchev–Trinajstić information content (AvgIpc) is 2.75. The average molecular weight is 275 g/mol. The Kier molecular flexibility index (Phi) is 4.69. The summed E-state index contributed by atoms with van der Waals surface area (Å²) in [5, 5.41) is 27.8.